The third-order valence-corrected chi connectivity index (χ3v) is 3.96. The van der Waals surface area contributed by atoms with Crippen LogP contribution in [0.1, 0.15) is 39.5 Å². The number of nitrogens with two attached hydrogens (primary N) is 1. The molecule has 0 bridgehead atoms. The molecular formula is C14H25N3O4. The Morgan fingerprint density at radius 1 is 1.33 bits per heavy atom. The van der Waals surface area contributed by atoms with Crippen molar-refractivity contribution in [3.8, 4) is 0 Å². The van der Waals surface area contributed by atoms with Crippen LogP contribution >= 0.6 is 0 Å². The van der Waals surface area contributed by atoms with E-state index >= 15 is 0 Å². The van der Waals surface area contributed by atoms with Crippen LogP contribution in [0.3, 0.4) is 0 Å². The van der Waals surface area contributed by atoms with Crippen LogP contribution in [0, 0.1) is 5.92 Å². The Hall–Kier alpha value is -1.79. The number of aliphatic carboxylic acids is 1. The first-order chi connectivity index (χ1) is 9.85. The van der Waals surface area contributed by atoms with E-state index in [4.69, 9.17) is 10.8 Å². The van der Waals surface area contributed by atoms with Crippen LogP contribution in [0.15, 0.2) is 0 Å². The Bertz CT molecular complexity index is 392. The van der Waals surface area contributed by atoms with Crippen LogP contribution in [0.25, 0.3) is 0 Å². The SMILES string of the molecule is CCN(C(=O)N1CCC(CC(N)=O)CC1)C(C)CC(=O)O. The fourth-order valence-corrected chi connectivity index (χ4v) is 2.79. The Kier molecular flexibility index (Phi) is 6.45. The van der Waals surface area contributed by atoms with Crippen LogP contribution in [0.5, 0.6) is 0 Å². The average Bonchev–Trinajstić information content (AvgIpc) is 2.38. The minimum Gasteiger partial charge on any atom is -0.481 e. The first-order valence-corrected chi connectivity index (χ1v) is 7.40. The van der Waals surface area contributed by atoms with Crippen molar-refractivity contribution in [2.75, 3.05) is 19.6 Å². The van der Waals surface area contributed by atoms with E-state index in [2.05, 4.69) is 0 Å². The largest absolute Gasteiger partial charge is 0.481 e. The number of hydrogen-bond donors (Lipinski definition) is 2. The highest BCUT2D eigenvalue weighted by Crippen LogP contribution is 2.21. The van der Waals surface area contributed by atoms with Crippen molar-refractivity contribution in [2.45, 2.75) is 45.6 Å². The number of amides is 3. The van der Waals surface area contributed by atoms with Crippen molar-refractivity contribution < 1.29 is 19.5 Å². The van der Waals surface area contributed by atoms with E-state index < -0.39 is 5.97 Å². The molecule has 1 fully saturated rings. The summed E-state index contributed by atoms with van der Waals surface area (Å²) in [4.78, 5) is 37.5. The smallest absolute Gasteiger partial charge is 0.320 e. The van der Waals surface area contributed by atoms with Gasteiger partial charge < -0.3 is 20.6 Å². The van der Waals surface area contributed by atoms with Crippen LogP contribution < -0.4 is 5.73 Å². The summed E-state index contributed by atoms with van der Waals surface area (Å²) in [6, 6.07) is -0.452. The summed E-state index contributed by atoms with van der Waals surface area (Å²) in [6.45, 7) is 5.25. The van der Waals surface area contributed by atoms with Gasteiger partial charge >= 0.3 is 12.0 Å². The van der Waals surface area contributed by atoms with Gasteiger partial charge in [0, 0.05) is 32.1 Å². The van der Waals surface area contributed by atoms with Gasteiger partial charge in [-0.05, 0) is 32.6 Å². The summed E-state index contributed by atoms with van der Waals surface area (Å²) in [7, 11) is 0. The van der Waals surface area contributed by atoms with Gasteiger partial charge in [-0.1, -0.05) is 0 Å². The molecule has 21 heavy (non-hydrogen) atoms. The lowest BCUT2D eigenvalue weighted by Crippen LogP contribution is -2.50. The van der Waals surface area contributed by atoms with E-state index in [-0.39, 0.29) is 30.3 Å². The highest BCUT2D eigenvalue weighted by Gasteiger charge is 2.29. The van der Waals surface area contributed by atoms with Crippen LogP contribution in [0.4, 0.5) is 4.79 Å². The third-order valence-electron chi connectivity index (χ3n) is 3.96. The molecule has 0 aliphatic carbocycles. The first kappa shape index (κ1) is 17.3. The molecule has 1 unspecified atom stereocenters. The molecule has 1 heterocycles. The number of urea groups is 1. The summed E-state index contributed by atoms with van der Waals surface area (Å²) in [6.07, 6.45) is 1.84. The van der Waals surface area contributed by atoms with Crippen LogP contribution in [-0.4, -0.2) is 58.5 Å². The fraction of sp³-hybridized carbons (Fsp3) is 0.786. The molecule has 0 spiro atoms. The first-order valence-electron chi connectivity index (χ1n) is 7.40. The lowest BCUT2D eigenvalue weighted by atomic mass is 9.93. The molecule has 7 nitrogen and oxygen atoms in total. The van der Waals surface area contributed by atoms with Gasteiger partial charge in [0.2, 0.25) is 5.91 Å². The minimum atomic E-state index is -0.908. The minimum absolute atomic E-state index is 0.0578. The zero-order valence-electron chi connectivity index (χ0n) is 12.7. The number of primary amides is 1. The number of rotatable bonds is 6. The van der Waals surface area contributed by atoms with E-state index in [0.717, 1.165) is 12.8 Å². The Balaban J connectivity index is 2.54. The quantitative estimate of drug-likeness (QED) is 0.759. The maximum absolute atomic E-state index is 12.4. The molecule has 3 amide bonds. The van der Waals surface area contributed by atoms with Gasteiger partial charge in [-0.25, -0.2) is 4.79 Å². The number of carbonyl (C=O) groups excluding carboxylic acids is 2. The van der Waals surface area contributed by atoms with E-state index in [1.54, 1.807) is 16.7 Å². The molecule has 0 aromatic carbocycles. The molecule has 1 atom stereocenters. The molecule has 0 aromatic rings. The molecule has 0 saturated carbocycles. The van der Waals surface area contributed by atoms with Gasteiger partial charge in [-0.2, -0.15) is 0 Å². The van der Waals surface area contributed by atoms with Gasteiger partial charge in [0.05, 0.1) is 6.42 Å². The van der Waals surface area contributed by atoms with Gasteiger partial charge in [0.25, 0.3) is 0 Å². The summed E-state index contributed by atoms with van der Waals surface area (Å²) < 4.78 is 0. The second-order valence-corrected chi connectivity index (χ2v) is 5.62. The van der Waals surface area contributed by atoms with Crippen molar-refractivity contribution in [3.63, 3.8) is 0 Å². The molecule has 1 rings (SSSR count). The van der Waals surface area contributed by atoms with Crippen LogP contribution in [-0.2, 0) is 9.59 Å². The average molecular weight is 299 g/mol. The zero-order valence-corrected chi connectivity index (χ0v) is 12.7. The summed E-state index contributed by atoms with van der Waals surface area (Å²) >= 11 is 0. The molecule has 1 aliphatic rings. The van der Waals surface area contributed by atoms with E-state index in [9.17, 15) is 14.4 Å². The number of carboxylic acids is 1. The highest BCUT2D eigenvalue weighted by molar-refractivity contribution is 5.76. The van der Waals surface area contributed by atoms with Gasteiger partial charge in [0.15, 0.2) is 0 Å². The number of likely N-dealkylation sites (tertiary alicyclic amines) is 1. The second kappa shape index (κ2) is 7.85. The number of carboxylic acid groups (broad SMARTS) is 1. The number of nitrogens with zero attached hydrogens (tertiary/aromatic N) is 2. The number of hydrogen-bond acceptors (Lipinski definition) is 3. The lowest BCUT2D eigenvalue weighted by Gasteiger charge is -2.37. The summed E-state index contributed by atoms with van der Waals surface area (Å²) in [5.41, 5.74) is 5.19. The van der Waals surface area contributed by atoms with Crippen molar-refractivity contribution in [1.29, 1.82) is 0 Å². The predicted octanol–water partition coefficient (Wildman–Crippen LogP) is 0.879. The van der Waals surface area contributed by atoms with Crippen molar-refractivity contribution in [2.24, 2.45) is 11.7 Å². The molecule has 1 aliphatic heterocycles. The molecule has 7 heteroatoms. The van der Waals surface area contributed by atoms with Gasteiger partial charge in [-0.3, -0.25) is 9.59 Å². The third kappa shape index (κ3) is 5.24. The Labute approximate surface area is 125 Å². The zero-order chi connectivity index (χ0) is 16.0. The maximum atomic E-state index is 12.4. The van der Waals surface area contributed by atoms with Crippen LogP contribution in [0.2, 0.25) is 0 Å². The fourth-order valence-electron chi connectivity index (χ4n) is 2.79. The predicted molar refractivity (Wildman–Crippen MR) is 77.6 cm³/mol. The van der Waals surface area contributed by atoms with Crippen molar-refractivity contribution >= 4 is 17.9 Å². The number of carbonyl (C=O) groups is 3. The molecule has 1 saturated heterocycles. The maximum Gasteiger partial charge on any atom is 0.320 e. The molecule has 120 valence electrons. The summed E-state index contributed by atoms with van der Waals surface area (Å²) in [5.74, 6) is -0.961. The van der Waals surface area contributed by atoms with E-state index in [0.29, 0.717) is 26.1 Å². The standard InChI is InChI=1S/C14H25N3O4/c1-3-17(10(2)8-13(19)20)14(21)16-6-4-11(5-7-16)9-12(15)18/h10-11H,3-9H2,1-2H3,(H2,15,18)(H,19,20). The topological polar surface area (TPSA) is 104 Å². The van der Waals surface area contributed by atoms with E-state index in [1.807, 2.05) is 6.92 Å². The van der Waals surface area contributed by atoms with Gasteiger partial charge in [-0.15, -0.1) is 0 Å². The molecule has 0 radical (unpaired) electrons. The van der Waals surface area contributed by atoms with Crippen molar-refractivity contribution in [3.05, 3.63) is 0 Å². The molecule has 3 N–H and O–H groups in total. The molecule has 0 aromatic heterocycles. The monoisotopic (exact) mass is 299 g/mol. The molecular weight excluding hydrogens is 274 g/mol. The second-order valence-electron chi connectivity index (χ2n) is 5.62. The Morgan fingerprint density at radius 2 is 1.90 bits per heavy atom. The van der Waals surface area contributed by atoms with Gasteiger partial charge in [0.1, 0.15) is 0 Å². The normalized spacial score (nSPS) is 17.3. The number of piperidine rings is 1. The summed E-state index contributed by atoms with van der Waals surface area (Å²) in [5, 5.41) is 8.84. The van der Waals surface area contributed by atoms with E-state index in [1.165, 1.54) is 0 Å². The van der Waals surface area contributed by atoms with Crippen molar-refractivity contribution in [1.82, 2.24) is 9.80 Å². The lowest BCUT2D eigenvalue weighted by molar-refractivity contribution is -0.138. The Morgan fingerprint density at radius 3 is 2.33 bits per heavy atom. The highest BCUT2D eigenvalue weighted by atomic mass is 16.4.